The quantitative estimate of drug-likeness (QED) is 0.831. The molecule has 1 saturated heterocycles. The molecule has 1 fully saturated rings. The van der Waals surface area contributed by atoms with E-state index in [1.54, 1.807) is 13.0 Å². The molecule has 4 nitrogen and oxygen atoms in total. The van der Waals surface area contributed by atoms with Crippen molar-refractivity contribution in [3.8, 4) is 11.1 Å². The summed E-state index contributed by atoms with van der Waals surface area (Å²) in [6.07, 6.45) is 1.51. The normalized spacial score (nSPS) is 20.7. The molecule has 0 bridgehead atoms. The Morgan fingerprint density at radius 2 is 1.88 bits per heavy atom. The van der Waals surface area contributed by atoms with Gasteiger partial charge in [-0.05, 0) is 55.1 Å². The van der Waals surface area contributed by atoms with Crippen LogP contribution in [0.5, 0.6) is 0 Å². The van der Waals surface area contributed by atoms with E-state index in [-0.39, 0.29) is 23.7 Å². The van der Waals surface area contributed by atoms with Crippen LogP contribution in [0.2, 0.25) is 0 Å². The highest BCUT2D eigenvalue weighted by molar-refractivity contribution is 7.89. The van der Waals surface area contributed by atoms with Gasteiger partial charge in [-0.25, -0.2) is 17.5 Å². The maximum Gasteiger partial charge on any atom is 0.211 e. The molecule has 0 aromatic heterocycles. The molecular weight excluding hydrogens is 339 g/mol. The van der Waals surface area contributed by atoms with Crippen LogP contribution in [0.25, 0.3) is 11.1 Å². The van der Waals surface area contributed by atoms with E-state index in [9.17, 15) is 12.8 Å². The predicted molar refractivity (Wildman–Crippen MR) is 98.3 cm³/mol. The Morgan fingerprint density at radius 3 is 2.60 bits per heavy atom. The van der Waals surface area contributed by atoms with Gasteiger partial charge in [0.2, 0.25) is 10.0 Å². The van der Waals surface area contributed by atoms with E-state index in [1.165, 1.54) is 12.1 Å². The van der Waals surface area contributed by atoms with Gasteiger partial charge < -0.3 is 5.32 Å². The summed E-state index contributed by atoms with van der Waals surface area (Å²) in [6, 6.07) is 14.5. The van der Waals surface area contributed by atoms with E-state index in [4.69, 9.17) is 0 Å². The molecule has 1 heterocycles. The molecule has 2 aromatic rings. The average Bonchev–Trinajstić information content (AvgIpc) is 3.01. The topological polar surface area (TPSA) is 58.2 Å². The maximum atomic E-state index is 13.4. The number of nitrogens with one attached hydrogen (secondary N) is 2. The van der Waals surface area contributed by atoms with Gasteiger partial charge in [0.1, 0.15) is 5.82 Å². The van der Waals surface area contributed by atoms with Gasteiger partial charge in [0.15, 0.2) is 0 Å². The van der Waals surface area contributed by atoms with Crippen molar-refractivity contribution in [2.45, 2.75) is 31.8 Å². The van der Waals surface area contributed by atoms with Gasteiger partial charge in [-0.3, -0.25) is 0 Å². The van der Waals surface area contributed by atoms with Gasteiger partial charge in [0, 0.05) is 12.1 Å². The third-order valence-corrected chi connectivity index (χ3v) is 6.02. The van der Waals surface area contributed by atoms with Crippen LogP contribution >= 0.6 is 0 Å². The standard InChI is InChI=1S/C19H23FN2O2S/c1-2-25(23,24)22-18-9-10-21-19(18)12-14-5-3-6-15(11-14)16-7-4-8-17(20)13-16/h3-8,11,13,18-19,21-22H,2,9-10,12H2,1H3/t18-,19-/m0/s1. The Morgan fingerprint density at radius 1 is 1.16 bits per heavy atom. The van der Waals surface area contributed by atoms with Crippen molar-refractivity contribution in [1.82, 2.24) is 10.0 Å². The highest BCUT2D eigenvalue weighted by Crippen LogP contribution is 2.23. The minimum Gasteiger partial charge on any atom is -0.312 e. The van der Waals surface area contributed by atoms with Crippen LogP contribution in [-0.2, 0) is 16.4 Å². The molecule has 0 amide bonds. The molecule has 2 atom stereocenters. The molecule has 0 unspecified atom stereocenters. The van der Waals surface area contributed by atoms with Crippen LogP contribution in [0, 0.1) is 5.82 Å². The molecule has 134 valence electrons. The molecule has 0 radical (unpaired) electrons. The number of rotatable bonds is 6. The van der Waals surface area contributed by atoms with Crippen molar-refractivity contribution in [3.63, 3.8) is 0 Å². The number of hydrogen-bond donors (Lipinski definition) is 2. The summed E-state index contributed by atoms with van der Waals surface area (Å²) in [7, 11) is -3.22. The minimum absolute atomic E-state index is 0.0593. The second kappa shape index (κ2) is 7.64. The highest BCUT2D eigenvalue weighted by atomic mass is 32.2. The monoisotopic (exact) mass is 362 g/mol. The summed E-state index contributed by atoms with van der Waals surface area (Å²) >= 11 is 0. The summed E-state index contributed by atoms with van der Waals surface area (Å²) in [5, 5.41) is 3.38. The maximum absolute atomic E-state index is 13.4. The fourth-order valence-electron chi connectivity index (χ4n) is 3.24. The lowest BCUT2D eigenvalue weighted by Crippen LogP contribution is -2.45. The lowest BCUT2D eigenvalue weighted by Gasteiger charge is -2.21. The molecule has 25 heavy (non-hydrogen) atoms. The second-order valence-corrected chi connectivity index (χ2v) is 8.43. The Labute approximate surface area is 148 Å². The van der Waals surface area contributed by atoms with Crippen LogP contribution in [0.1, 0.15) is 18.9 Å². The molecule has 3 rings (SSSR count). The zero-order valence-corrected chi connectivity index (χ0v) is 15.0. The smallest absolute Gasteiger partial charge is 0.211 e. The summed E-state index contributed by atoms with van der Waals surface area (Å²) in [5.74, 6) is -0.167. The van der Waals surface area contributed by atoms with Gasteiger partial charge >= 0.3 is 0 Å². The lowest BCUT2D eigenvalue weighted by molar-refractivity contribution is 0.492. The third-order valence-electron chi connectivity index (χ3n) is 4.60. The fraction of sp³-hybridized carbons (Fsp3) is 0.368. The molecule has 1 aliphatic heterocycles. The molecule has 0 spiro atoms. The van der Waals surface area contributed by atoms with E-state index in [0.717, 1.165) is 36.1 Å². The fourth-order valence-corrected chi connectivity index (χ4v) is 4.15. The van der Waals surface area contributed by atoms with E-state index in [2.05, 4.69) is 10.0 Å². The van der Waals surface area contributed by atoms with Gasteiger partial charge in [0.25, 0.3) is 0 Å². The van der Waals surface area contributed by atoms with Crippen molar-refractivity contribution in [3.05, 3.63) is 59.9 Å². The first-order valence-electron chi connectivity index (χ1n) is 8.55. The first kappa shape index (κ1) is 18.0. The van der Waals surface area contributed by atoms with Gasteiger partial charge in [0.05, 0.1) is 5.75 Å². The third kappa shape index (κ3) is 4.66. The van der Waals surface area contributed by atoms with Crippen molar-refractivity contribution in [1.29, 1.82) is 0 Å². The summed E-state index contributed by atoms with van der Waals surface area (Å²) in [5.41, 5.74) is 2.90. The van der Waals surface area contributed by atoms with Gasteiger partial charge in [-0.2, -0.15) is 0 Å². The summed E-state index contributed by atoms with van der Waals surface area (Å²) in [4.78, 5) is 0. The summed E-state index contributed by atoms with van der Waals surface area (Å²) in [6.45, 7) is 2.44. The van der Waals surface area contributed by atoms with Gasteiger partial charge in [-0.15, -0.1) is 0 Å². The SMILES string of the molecule is CCS(=O)(=O)N[C@H]1CCN[C@H]1Cc1cccc(-c2cccc(F)c2)c1. The minimum atomic E-state index is -3.22. The van der Waals surface area contributed by atoms with E-state index < -0.39 is 10.0 Å². The molecule has 0 saturated carbocycles. The first-order chi connectivity index (χ1) is 12.0. The van der Waals surface area contributed by atoms with Crippen molar-refractivity contribution in [2.24, 2.45) is 0 Å². The van der Waals surface area contributed by atoms with Crippen molar-refractivity contribution >= 4 is 10.0 Å². The Hall–Kier alpha value is -1.76. The first-order valence-corrected chi connectivity index (χ1v) is 10.2. The molecule has 1 aliphatic rings. The Balaban J connectivity index is 1.75. The molecule has 2 N–H and O–H groups in total. The lowest BCUT2D eigenvalue weighted by atomic mass is 9.97. The van der Waals surface area contributed by atoms with Crippen molar-refractivity contribution in [2.75, 3.05) is 12.3 Å². The van der Waals surface area contributed by atoms with E-state index >= 15 is 0 Å². The Bertz CT molecular complexity index is 839. The van der Waals surface area contributed by atoms with Crippen molar-refractivity contribution < 1.29 is 12.8 Å². The second-order valence-electron chi connectivity index (χ2n) is 6.39. The van der Waals surface area contributed by atoms with E-state index in [0.29, 0.717) is 0 Å². The van der Waals surface area contributed by atoms with Crippen LogP contribution in [-0.4, -0.2) is 32.8 Å². The van der Waals surface area contributed by atoms with Crippen LogP contribution in [0.15, 0.2) is 48.5 Å². The average molecular weight is 362 g/mol. The van der Waals surface area contributed by atoms with E-state index in [1.807, 2.05) is 30.3 Å². The summed E-state index contributed by atoms with van der Waals surface area (Å²) < 4.78 is 39.9. The Kier molecular flexibility index (Phi) is 5.51. The van der Waals surface area contributed by atoms with Gasteiger partial charge in [-0.1, -0.05) is 36.4 Å². The van der Waals surface area contributed by atoms with Crippen LogP contribution in [0.4, 0.5) is 4.39 Å². The molecular formula is C19H23FN2O2S. The zero-order chi connectivity index (χ0) is 17.9. The number of hydrogen-bond acceptors (Lipinski definition) is 3. The zero-order valence-electron chi connectivity index (χ0n) is 14.2. The molecule has 2 aromatic carbocycles. The van der Waals surface area contributed by atoms with Crippen LogP contribution < -0.4 is 10.0 Å². The predicted octanol–water partition coefficient (Wildman–Crippen LogP) is 2.71. The molecule has 6 heteroatoms. The number of benzene rings is 2. The molecule has 0 aliphatic carbocycles. The largest absolute Gasteiger partial charge is 0.312 e. The highest BCUT2D eigenvalue weighted by Gasteiger charge is 2.29. The number of halogens is 1. The number of sulfonamides is 1. The van der Waals surface area contributed by atoms with Crippen LogP contribution in [0.3, 0.4) is 0 Å².